The molecule has 0 spiro atoms. The molecule has 2 N–H and O–H groups in total. The molecule has 0 bridgehead atoms. The number of nitrogens with zero attached hydrogens (tertiary/aromatic N) is 4. The minimum Gasteiger partial charge on any atom is -0.495 e. The molecule has 2 aromatic heterocycles. The number of amides is 1. The summed E-state index contributed by atoms with van der Waals surface area (Å²) in [7, 11) is 5.00. The Morgan fingerprint density at radius 3 is 2.59 bits per heavy atom. The van der Waals surface area contributed by atoms with Gasteiger partial charge >= 0.3 is 0 Å². The van der Waals surface area contributed by atoms with Crippen molar-refractivity contribution in [2.24, 2.45) is 0 Å². The van der Waals surface area contributed by atoms with Crippen molar-refractivity contribution in [2.45, 2.75) is 26.0 Å². The normalized spacial score (nSPS) is 11.5. The number of carbonyl (C=O) groups excluding carboxylic acids is 1. The third-order valence-corrected chi connectivity index (χ3v) is 5.35. The number of pyridine rings is 1. The number of anilines is 2. The van der Waals surface area contributed by atoms with Crippen molar-refractivity contribution in [3.05, 3.63) is 66.6 Å². The van der Waals surface area contributed by atoms with Crippen LogP contribution in [0, 0.1) is 0 Å². The van der Waals surface area contributed by atoms with Crippen LogP contribution < -0.4 is 10.1 Å². The van der Waals surface area contributed by atoms with E-state index in [9.17, 15) is 9.90 Å². The molecule has 2 aromatic carbocycles. The first kappa shape index (κ1) is 23.3. The number of ether oxygens (including phenoxy) is 1. The van der Waals surface area contributed by atoms with E-state index in [-0.39, 0.29) is 5.91 Å². The standard InChI is InChI=1S/C26H29N5O3/c1-26(2,33)16-31-15-21(14-28-31)17-6-7-19-13-27-24(12-20(19)10-17)29-22-9-8-18(11-23(22)34-5)25(32)30(3)4/h6-15,33H,16H2,1-5H3,(H,27,29). The lowest BCUT2D eigenvalue weighted by Gasteiger charge is -2.16. The Kier molecular flexibility index (Phi) is 6.26. The number of aromatic nitrogens is 3. The van der Waals surface area contributed by atoms with Crippen LogP contribution >= 0.6 is 0 Å². The maximum absolute atomic E-state index is 12.3. The number of hydrogen-bond donors (Lipinski definition) is 2. The minimum absolute atomic E-state index is 0.0907. The molecule has 0 unspecified atom stereocenters. The second-order valence-electron chi connectivity index (χ2n) is 9.11. The predicted molar refractivity (Wildman–Crippen MR) is 134 cm³/mol. The van der Waals surface area contributed by atoms with Gasteiger partial charge in [-0.3, -0.25) is 9.48 Å². The van der Waals surface area contributed by atoms with Gasteiger partial charge in [-0.25, -0.2) is 4.98 Å². The summed E-state index contributed by atoms with van der Waals surface area (Å²) in [5.41, 5.74) is 2.43. The van der Waals surface area contributed by atoms with Crippen molar-refractivity contribution in [1.29, 1.82) is 0 Å². The van der Waals surface area contributed by atoms with E-state index in [0.717, 1.165) is 21.9 Å². The highest BCUT2D eigenvalue weighted by Crippen LogP contribution is 2.30. The zero-order valence-electron chi connectivity index (χ0n) is 20.0. The average Bonchev–Trinajstić information content (AvgIpc) is 3.25. The van der Waals surface area contributed by atoms with Gasteiger partial charge in [0.1, 0.15) is 11.6 Å². The molecule has 176 valence electrons. The summed E-state index contributed by atoms with van der Waals surface area (Å²) < 4.78 is 7.25. The van der Waals surface area contributed by atoms with Crippen LogP contribution in [0.4, 0.5) is 11.5 Å². The smallest absolute Gasteiger partial charge is 0.253 e. The highest BCUT2D eigenvalue weighted by atomic mass is 16.5. The molecule has 0 fully saturated rings. The monoisotopic (exact) mass is 459 g/mol. The highest BCUT2D eigenvalue weighted by molar-refractivity contribution is 5.95. The molecule has 2 heterocycles. The SMILES string of the molecule is COc1cc(C(=O)N(C)C)ccc1Nc1cc2cc(-c3cnn(CC(C)(C)O)c3)ccc2cn1. The molecule has 1 amide bonds. The Balaban J connectivity index is 1.61. The third-order valence-electron chi connectivity index (χ3n) is 5.35. The summed E-state index contributed by atoms with van der Waals surface area (Å²) in [5, 5.41) is 19.7. The van der Waals surface area contributed by atoms with E-state index in [1.807, 2.05) is 36.7 Å². The van der Waals surface area contributed by atoms with E-state index >= 15 is 0 Å². The van der Waals surface area contributed by atoms with Crippen LogP contribution in [-0.4, -0.2) is 57.5 Å². The summed E-state index contributed by atoms with van der Waals surface area (Å²) in [5.74, 6) is 1.13. The summed E-state index contributed by atoms with van der Waals surface area (Å²) in [6.45, 7) is 3.93. The van der Waals surface area contributed by atoms with Crippen LogP contribution in [0.5, 0.6) is 5.75 Å². The molecule has 0 aliphatic rings. The first-order valence-corrected chi connectivity index (χ1v) is 10.9. The number of fused-ring (bicyclic) bond motifs is 1. The Labute approximate surface area is 198 Å². The largest absolute Gasteiger partial charge is 0.495 e. The fourth-order valence-corrected chi connectivity index (χ4v) is 3.71. The van der Waals surface area contributed by atoms with Gasteiger partial charge in [-0.15, -0.1) is 0 Å². The van der Waals surface area contributed by atoms with Gasteiger partial charge in [-0.1, -0.05) is 12.1 Å². The Hall–Kier alpha value is -3.91. The van der Waals surface area contributed by atoms with Crippen molar-refractivity contribution < 1.29 is 14.6 Å². The molecule has 0 radical (unpaired) electrons. The van der Waals surface area contributed by atoms with Gasteiger partial charge in [0, 0.05) is 43.0 Å². The summed E-state index contributed by atoms with van der Waals surface area (Å²) in [6.07, 6.45) is 5.55. The first-order chi connectivity index (χ1) is 16.1. The van der Waals surface area contributed by atoms with E-state index in [2.05, 4.69) is 21.5 Å². The van der Waals surface area contributed by atoms with Crippen LogP contribution in [0.1, 0.15) is 24.2 Å². The first-order valence-electron chi connectivity index (χ1n) is 10.9. The number of carbonyl (C=O) groups is 1. The van der Waals surface area contributed by atoms with Crippen LogP contribution in [0.2, 0.25) is 0 Å². The third kappa shape index (κ3) is 5.18. The van der Waals surface area contributed by atoms with Crippen molar-refractivity contribution in [1.82, 2.24) is 19.7 Å². The molecule has 8 nitrogen and oxygen atoms in total. The Morgan fingerprint density at radius 2 is 1.88 bits per heavy atom. The number of nitrogens with one attached hydrogen (secondary N) is 1. The lowest BCUT2D eigenvalue weighted by molar-refractivity contribution is 0.0577. The molecule has 8 heteroatoms. The number of methoxy groups -OCH3 is 1. The lowest BCUT2D eigenvalue weighted by Crippen LogP contribution is -2.26. The Morgan fingerprint density at radius 1 is 1.09 bits per heavy atom. The average molecular weight is 460 g/mol. The molecule has 0 saturated heterocycles. The maximum Gasteiger partial charge on any atom is 0.253 e. The van der Waals surface area contributed by atoms with Crippen LogP contribution in [0.15, 0.2) is 61.1 Å². The van der Waals surface area contributed by atoms with Gasteiger partial charge in [0.25, 0.3) is 5.91 Å². The number of hydrogen-bond acceptors (Lipinski definition) is 6. The van der Waals surface area contributed by atoms with Crippen LogP contribution in [0.3, 0.4) is 0 Å². The van der Waals surface area contributed by atoms with Gasteiger partial charge in [-0.05, 0) is 55.1 Å². The maximum atomic E-state index is 12.3. The van der Waals surface area contributed by atoms with E-state index < -0.39 is 5.60 Å². The molecule has 0 atom stereocenters. The van der Waals surface area contributed by atoms with Gasteiger partial charge < -0.3 is 20.1 Å². The second kappa shape index (κ2) is 9.15. The quantitative estimate of drug-likeness (QED) is 0.428. The van der Waals surface area contributed by atoms with Crippen molar-refractivity contribution in [2.75, 3.05) is 26.5 Å². The zero-order chi connectivity index (χ0) is 24.5. The molecular formula is C26H29N5O3. The van der Waals surface area contributed by atoms with Crippen LogP contribution in [0.25, 0.3) is 21.9 Å². The van der Waals surface area contributed by atoms with E-state index in [1.165, 1.54) is 4.90 Å². The van der Waals surface area contributed by atoms with E-state index in [0.29, 0.717) is 29.4 Å². The fraction of sp³-hybridized carbons (Fsp3) is 0.269. The minimum atomic E-state index is -0.835. The summed E-state index contributed by atoms with van der Waals surface area (Å²) in [4.78, 5) is 18.3. The molecule has 0 aliphatic heterocycles. The molecular weight excluding hydrogens is 430 g/mol. The summed E-state index contributed by atoms with van der Waals surface area (Å²) in [6, 6.07) is 13.4. The van der Waals surface area contributed by atoms with Gasteiger partial charge in [0.15, 0.2) is 0 Å². The molecule has 0 aliphatic carbocycles. The number of aliphatic hydroxyl groups is 1. The second-order valence-corrected chi connectivity index (χ2v) is 9.11. The number of rotatable bonds is 7. The molecule has 34 heavy (non-hydrogen) atoms. The van der Waals surface area contributed by atoms with Gasteiger partial charge in [0.05, 0.1) is 31.1 Å². The molecule has 0 saturated carbocycles. The van der Waals surface area contributed by atoms with Crippen molar-refractivity contribution in [3.8, 4) is 16.9 Å². The van der Waals surface area contributed by atoms with Crippen LogP contribution in [-0.2, 0) is 6.54 Å². The molecule has 4 aromatic rings. The highest BCUT2D eigenvalue weighted by Gasteiger charge is 2.15. The fourth-order valence-electron chi connectivity index (χ4n) is 3.71. The van der Waals surface area contributed by atoms with Crippen molar-refractivity contribution in [3.63, 3.8) is 0 Å². The zero-order valence-corrected chi connectivity index (χ0v) is 20.0. The Bertz CT molecular complexity index is 1340. The number of benzene rings is 2. The van der Waals surface area contributed by atoms with Gasteiger partial charge in [0.2, 0.25) is 0 Å². The van der Waals surface area contributed by atoms with E-state index in [4.69, 9.17) is 4.74 Å². The van der Waals surface area contributed by atoms with E-state index in [1.54, 1.807) is 58.1 Å². The molecule has 4 rings (SSSR count). The van der Waals surface area contributed by atoms with Gasteiger partial charge in [-0.2, -0.15) is 5.10 Å². The van der Waals surface area contributed by atoms with Crippen molar-refractivity contribution >= 4 is 28.2 Å². The predicted octanol–water partition coefficient (Wildman–Crippen LogP) is 4.32. The topological polar surface area (TPSA) is 92.5 Å². The lowest BCUT2D eigenvalue weighted by atomic mass is 10.0. The summed E-state index contributed by atoms with van der Waals surface area (Å²) >= 11 is 0.